The summed E-state index contributed by atoms with van der Waals surface area (Å²) < 4.78 is 19.1. The van der Waals surface area contributed by atoms with Crippen LogP contribution in [0.1, 0.15) is 41.2 Å². The van der Waals surface area contributed by atoms with Gasteiger partial charge in [0.05, 0.1) is 19.4 Å². The summed E-state index contributed by atoms with van der Waals surface area (Å²) in [6.45, 7) is 6.41. The maximum Gasteiger partial charge on any atom is 0.355 e. The van der Waals surface area contributed by atoms with Gasteiger partial charge >= 0.3 is 5.97 Å². The molecule has 34 heavy (non-hydrogen) atoms. The maximum absolute atomic E-state index is 13.2. The minimum Gasteiger partial charge on any atom is -0.497 e. The van der Waals surface area contributed by atoms with Gasteiger partial charge in [-0.3, -0.25) is 4.57 Å². The number of benzene rings is 2. The zero-order chi connectivity index (χ0) is 24.1. The van der Waals surface area contributed by atoms with E-state index in [9.17, 15) is 4.79 Å². The van der Waals surface area contributed by atoms with Gasteiger partial charge in [-0.1, -0.05) is 37.3 Å². The van der Waals surface area contributed by atoms with Gasteiger partial charge < -0.3 is 14.2 Å². The Bertz CT molecular complexity index is 1260. The molecule has 6 nitrogen and oxygen atoms in total. The summed E-state index contributed by atoms with van der Waals surface area (Å²) in [6.07, 6.45) is 0.823. The summed E-state index contributed by atoms with van der Waals surface area (Å²) >= 11 is 1.54. The first-order valence-electron chi connectivity index (χ1n) is 11.3. The minimum absolute atomic E-state index is 0.277. The molecule has 2 aromatic heterocycles. The lowest BCUT2D eigenvalue weighted by molar-refractivity contribution is 0.0516. The first-order valence-corrected chi connectivity index (χ1v) is 12.1. The number of hydrogen-bond acceptors (Lipinski definition) is 6. The third-order valence-corrected chi connectivity index (χ3v) is 6.40. The molecular weight excluding hydrogens is 448 g/mol. The number of rotatable bonds is 9. The normalized spacial score (nSPS) is 10.8. The number of aromatic nitrogens is 2. The van der Waals surface area contributed by atoms with Gasteiger partial charge in [-0.15, -0.1) is 11.3 Å². The number of esters is 1. The molecule has 0 fully saturated rings. The smallest absolute Gasteiger partial charge is 0.355 e. The lowest BCUT2D eigenvalue weighted by atomic mass is 10.2. The van der Waals surface area contributed by atoms with Crippen molar-refractivity contribution >= 4 is 17.3 Å². The molecule has 2 aromatic carbocycles. The monoisotopic (exact) mass is 476 g/mol. The summed E-state index contributed by atoms with van der Waals surface area (Å²) in [5, 5.41) is 2.83. The molecule has 0 amide bonds. The lowest BCUT2D eigenvalue weighted by Gasteiger charge is -2.13. The van der Waals surface area contributed by atoms with Gasteiger partial charge in [-0.25, -0.2) is 9.78 Å². The van der Waals surface area contributed by atoms with Crippen LogP contribution in [0.15, 0.2) is 60.0 Å². The van der Waals surface area contributed by atoms with E-state index in [1.54, 1.807) is 14.0 Å². The van der Waals surface area contributed by atoms with Crippen molar-refractivity contribution < 1.29 is 19.0 Å². The first kappa shape index (κ1) is 23.6. The Hall–Kier alpha value is -3.58. The van der Waals surface area contributed by atoms with E-state index >= 15 is 0 Å². The molecular formula is C27H28N2O4S. The minimum atomic E-state index is -0.404. The van der Waals surface area contributed by atoms with Crippen LogP contribution in [0.3, 0.4) is 0 Å². The summed E-state index contributed by atoms with van der Waals surface area (Å²) in [4.78, 5) is 18.0. The second-order valence-electron chi connectivity index (χ2n) is 7.68. The third-order valence-electron chi connectivity index (χ3n) is 5.50. The molecule has 2 heterocycles. The highest BCUT2D eigenvalue weighted by molar-refractivity contribution is 7.13. The molecule has 0 saturated heterocycles. The number of nitrogens with zero attached hydrogens (tertiary/aromatic N) is 2. The van der Waals surface area contributed by atoms with Crippen LogP contribution in [0.4, 0.5) is 0 Å². The molecule has 7 heteroatoms. The van der Waals surface area contributed by atoms with Crippen molar-refractivity contribution in [3.05, 3.63) is 82.5 Å². The lowest BCUT2D eigenvalue weighted by Crippen LogP contribution is -2.13. The highest BCUT2D eigenvalue weighted by Crippen LogP contribution is 2.42. The van der Waals surface area contributed by atoms with Crippen LogP contribution in [0, 0.1) is 6.92 Å². The molecule has 0 N–H and O–H groups in total. The van der Waals surface area contributed by atoms with Crippen molar-refractivity contribution in [2.75, 3.05) is 13.7 Å². The van der Waals surface area contributed by atoms with E-state index in [4.69, 9.17) is 19.2 Å². The largest absolute Gasteiger partial charge is 0.497 e. The van der Waals surface area contributed by atoms with E-state index in [1.807, 2.05) is 71.5 Å². The number of carbonyl (C=O) groups excluding carboxylic acids is 1. The number of ether oxygens (including phenoxy) is 3. The van der Waals surface area contributed by atoms with Gasteiger partial charge in [-0.2, -0.15) is 0 Å². The van der Waals surface area contributed by atoms with E-state index in [-0.39, 0.29) is 6.61 Å². The molecule has 4 rings (SSSR count). The fourth-order valence-corrected chi connectivity index (χ4v) is 4.71. The number of aryl methyl sites for hydroxylation is 1. The van der Waals surface area contributed by atoms with Crippen molar-refractivity contribution in [2.45, 2.75) is 33.8 Å². The zero-order valence-electron chi connectivity index (χ0n) is 19.8. The second kappa shape index (κ2) is 10.6. The molecule has 0 atom stereocenters. The third kappa shape index (κ3) is 4.70. The van der Waals surface area contributed by atoms with E-state index in [1.165, 1.54) is 11.3 Å². The zero-order valence-corrected chi connectivity index (χ0v) is 20.6. The molecule has 0 aliphatic heterocycles. The van der Waals surface area contributed by atoms with Crippen LogP contribution in [0.2, 0.25) is 0 Å². The topological polar surface area (TPSA) is 62.6 Å². The van der Waals surface area contributed by atoms with Crippen molar-refractivity contribution in [3.63, 3.8) is 0 Å². The Kier molecular flexibility index (Phi) is 7.33. The molecule has 0 aliphatic carbocycles. The fraction of sp³-hybridized carbons (Fsp3) is 0.259. The van der Waals surface area contributed by atoms with Gasteiger partial charge in [-0.05, 0) is 50.1 Å². The highest BCUT2D eigenvalue weighted by atomic mass is 32.1. The van der Waals surface area contributed by atoms with Gasteiger partial charge in [0.2, 0.25) is 0 Å². The Morgan fingerprint density at radius 2 is 1.79 bits per heavy atom. The Morgan fingerprint density at radius 3 is 2.41 bits per heavy atom. The highest BCUT2D eigenvalue weighted by Gasteiger charge is 2.30. The summed E-state index contributed by atoms with van der Waals surface area (Å²) in [5.41, 5.74) is 4.71. The van der Waals surface area contributed by atoms with E-state index in [0.717, 1.165) is 39.8 Å². The Morgan fingerprint density at radius 1 is 1.06 bits per heavy atom. The second-order valence-corrected chi connectivity index (χ2v) is 8.54. The van der Waals surface area contributed by atoms with E-state index in [2.05, 4.69) is 6.92 Å². The molecule has 0 radical (unpaired) electrons. The van der Waals surface area contributed by atoms with Gasteiger partial charge in [0, 0.05) is 16.6 Å². The van der Waals surface area contributed by atoms with Crippen LogP contribution >= 0.6 is 11.3 Å². The van der Waals surface area contributed by atoms with Crippen molar-refractivity contribution in [1.29, 1.82) is 0 Å². The maximum atomic E-state index is 13.2. The van der Waals surface area contributed by atoms with Crippen LogP contribution in [0.25, 0.3) is 16.4 Å². The average molecular weight is 477 g/mol. The van der Waals surface area contributed by atoms with Crippen LogP contribution in [-0.4, -0.2) is 29.2 Å². The number of carbonyl (C=O) groups is 1. The SMILES string of the molecule is CCOC(=O)c1c(C)c(OCc2ccccc2)c(-c2nc(CC)cs2)n1-c1ccc(OC)cc1. The van der Waals surface area contributed by atoms with Crippen molar-refractivity contribution in [1.82, 2.24) is 9.55 Å². The van der Waals surface area contributed by atoms with Crippen molar-refractivity contribution in [3.8, 4) is 27.9 Å². The molecule has 0 saturated carbocycles. The summed E-state index contributed by atoms with van der Waals surface area (Å²) in [5.74, 6) is 0.952. The van der Waals surface area contributed by atoms with Gasteiger partial charge in [0.15, 0.2) is 5.75 Å². The molecule has 4 aromatic rings. The summed E-state index contributed by atoms with van der Waals surface area (Å²) in [7, 11) is 1.63. The fourth-order valence-electron chi connectivity index (χ4n) is 3.78. The first-order chi connectivity index (χ1) is 16.6. The predicted octanol–water partition coefficient (Wildman–Crippen LogP) is 6.24. The van der Waals surface area contributed by atoms with Crippen LogP contribution in [-0.2, 0) is 17.8 Å². The summed E-state index contributed by atoms with van der Waals surface area (Å²) in [6, 6.07) is 17.5. The Labute approximate surface area is 203 Å². The quantitative estimate of drug-likeness (QED) is 0.268. The van der Waals surface area contributed by atoms with Gasteiger partial charge in [0.1, 0.15) is 28.8 Å². The molecule has 176 valence electrons. The standard InChI is InChI=1S/C27H28N2O4S/c1-5-20-17-34-26(28-20)24-25(33-16-19-10-8-7-9-11-19)18(3)23(27(30)32-6-2)29(24)21-12-14-22(31-4)15-13-21/h7-15,17H,5-6,16H2,1-4H3. The Balaban J connectivity index is 1.93. The van der Waals surface area contributed by atoms with Crippen LogP contribution < -0.4 is 9.47 Å². The molecule has 0 bridgehead atoms. The molecule has 0 unspecified atom stereocenters. The average Bonchev–Trinajstić information content (AvgIpc) is 3.45. The van der Waals surface area contributed by atoms with E-state index < -0.39 is 5.97 Å². The molecule has 0 aliphatic rings. The predicted molar refractivity (Wildman–Crippen MR) is 134 cm³/mol. The number of thiazole rings is 1. The van der Waals surface area contributed by atoms with Crippen molar-refractivity contribution in [2.24, 2.45) is 0 Å². The molecule has 0 spiro atoms. The van der Waals surface area contributed by atoms with Gasteiger partial charge in [0.25, 0.3) is 0 Å². The van der Waals surface area contributed by atoms with E-state index in [0.29, 0.717) is 23.6 Å². The number of methoxy groups -OCH3 is 1. The van der Waals surface area contributed by atoms with Crippen LogP contribution in [0.5, 0.6) is 11.5 Å². The number of hydrogen-bond donors (Lipinski definition) is 0.